The van der Waals surface area contributed by atoms with Gasteiger partial charge < -0.3 is 4.74 Å². The predicted molar refractivity (Wildman–Crippen MR) is 82.1 cm³/mol. The van der Waals surface area contributed by atoms with Crippen LogP contribution < -0.4 is 4.74 Å². The Balaban J connectivity index is 1.90. The molecule has 124 valence electrons. The SMILES string of the molecule is Cc1ccc(F)c(CN(C)S(=O)(=O)c2cnn3c2OCCC3)c1. The zero-order chi connectivity index (χ0) is 16.6. The summed E-state index contributed by atoms with van der Waals surface area (Å²) in [5.41, 5.74) is 1.21. The quantitative estimate of drug-likeness (QED) is 0.854. The van der Waals surface area contributed by atoms with Crippen molar-refractivity contribution >= 4 is 10.0 Å². The molecule has 0 N–H and O–H groups in total. The van der Waals surface area contributed by atoms with Crippen LogP contribution in [0.15, 0.2) is 29.3 Å². The molecule has 6 nitrogen and oxygen atoms in total. The highest BCUT2D eigenvalue weighted by atomic mass is 32.2. The van der Waals surface area contributed by atoms with Crippen molar-refractivity contribution < 1.29 is 17.5 Å². The van der Waals surface area contributed by atoms with Gasteiger partial charge in [0.2, 0.25) is 15.9 Å². The molecule has 8 heteroatoms. The summed E-state index contributed by atoms with van der Waals surface area (Å²) in [6.07, 6.45) is 2.08. The van der Waals surface area contributed by atoms with Gasteiger partial charge in [0.25, 0.3) is 0 Å². The van der Waals surface area contributed by atoms with Crippen molar-refractivity contribution in [1.82, 2.24) is 14.1 Å². The first kappa shape index (κ1) is 15.9. The van der Waals surface area contributed by atoms with Crippen molar-refractivity contribution in [2.24, 2.45) is 0 Å². The third-order valence-electron chi connectivity index (χ3n) is 3.80. The zero-order valence-electron chi connectivity index (χ0n) is 13.0. The minimum absolute atomic E-state index is 0.0211. The van der Waals surface area contributed by atoms with Gasteiger partial charge in [-0.2, -0.15) is 9.40 Å². The number of hydrogen-bond acceptors (Lipinski definition) is 4. The number of sulfonamides is 1. The van der Waals surface area contributed by atoms with Crippen molar-refractivity contribution in [3.05, 3.63) is 41.3 Å². The fourth-order valence-electron chi connectivity index (χ4n) is 2.54. The summed E-state index contributed by atoms with van der Waals surface area (Å²) < 4.78 is 47.4. The number of fused-ring (bicyclic) bond motifs is 1. The summed E-state index contributed by atoms with van der Waals surface area (Å²) in [7, 11) is -2.39. The van der Waals surface area contributed by atoms with Gasteiger partial charge >= 0.3 is 0 Å². The fourth-order valence-corrected chi connectivity index (χ4v) is 3.75. The molecule has 0 atom stereocenters. The summed E-state index contributed by atoms with van der Waals surface area (Å²) in [6, 6.07) is 4.64. The number of ether oxygens (including phenoxy) is 1. The van der Waals surface area contributed by atoms with Crippen LogP contribution in [0.4, 0.5) is 4.39 Å². The first-order valence-corrected chi connectivity index (χ1v) is 8.73. The number of aryl methyl sites for hydroxylation is 2. The van der Waals surface area contributed by atoms with Gasteiger partial charge in [0.05, 0.1) is 12.8 Å². The van der Waals surface area contributed by atoms with Crippen LogP contribution in [0.1, 0.15) is 17.5 Å². The van der Waals surface area contributed by atoms with Gasteiger partial charge in [-0.15, -0.1) is 0 Å². The summed E-state index contributed by atoms with van der Waals surface area (Å²) in [5, 5.41) is 4.06. The van der Waals surface area contributed by atoms with Crippen molar-refractivity contribution in [1.29, 1.82) is 0 Å². The zero-order valence-corrected chi connectivity index (χ0v) is 13.8. The Hall–Kier alpha value is -1.93. The van der Waals surface area contributed by atoms with Gasteiger partial charge in [-0.25, -0.2) is 17.5 Å². The van der Waals surface area contributed by atoms with Crippen LogP contribution in [0.2, 0.25) is 0 Å². The van der Waals surface area contributed by atoms with Crippen LogP contribution in [0.5, 0.6) is 5.88 Å². The van der Waals surface area contributed by atoms with E-state index in [1.54, 1.807) is 12.1 Å². The van der Waals surface area contributed by atoms with Crippen LogP contribution in [-0.2, 0) is 23.1 Å². The summed E-state index contributed by atoms with van der Waals surface area (Å²) in [6.45, 7) is 2.87. The smallest absolute Gasteiger partial charge is 0.250 e. The molecule has 0 aliphatic carbocycles. The average molecular weight is 339 g/mol. The molecule has 1 aliphatic rings. The lowest BCUT2D eigenvalue weighted by molar-refractivity contribution is 0.224. The summed E-state index contributed by atoms with van der Waals surface area (Å²) in [4.78, 5) is 0.0211. The average Bonchev–Trinajstić information content (AvgIpc) is 2.95. The molecule has 2 aromatic rings. The second-order valence-electron chi connectivity index (χ2n) is 5.60. The van der Waals surface area contributed by atoms with Crippen LogP contribution in [0.25, 0.3) is 0 Å². The van der Waals surface area contributed by atoms with Crippen LogP contribution in [0.3, 0.4) is 0 Å². The molecule has 23 heavy (non-hydrogen) atoms. The number of nitrogens with zero attached hydrogens (tertiary/aromatic N) is 3. The molecule has 0 radical (unpaired) electrons. The molecular formula is C15H18FN3O3S. The third kappa shape index (κ3) is 2.96. The maximum Gasteiger partial charge on any atom is 0.250 e. The Morgan fingerprint density at radius 1 is 1.43 bits per heavy atom. The van der Waals surface area contributed by atoms with E-state index in [0.717, 1.165) is 16.3 Å². The third-order valence-corrected chi connectivity index (χ3v) is 5.58. The Morgan fingerprint density at radius 2 is 2.22 bits per heavy atom. The number of rotatable bonds is 4. The molecular weight excluding hydrogens is 321 g/mol. The van der Waals surface area contributed by atoms with Gasteiger partial charge in [-0.05, 0) is 13.0 Å². The Kier molecular flexibility index (Phi) is 4.11. The van der Waals surface area contributed by atoms with E-state index in [9.17, 15) is 12.8 Å². The minimum atomic E-state index is -3.81. The maximum absolute atomic E-state index is 13.9. The van der Waals surface area contributed by atoms with Crippen LogP contribution in [-0.4, -0.2) is 36.2 Å². The monoisotopic (exact) mass is 339 g/mol. The van der Waals surface area contributed by atoms with E-state index in [1.165, 1.54) is 24.0 Å². The Morgan fingerprint density at radius 3 is 3.00 bits per heavy atom. The van der Waals surface area contributed by atoms with Crippen molar-refractivity contribution in [2.75, 3.05) is 13.7 Å². The lowest BCUT2D eigenvalue weighted by Crippen LogP contribution is -2.27. The molecule has 2 heterocycles. The summed E-state index contributed by atoms with van der Waals surface area (Å²) >= 11 is 0. The molecule has 0 amide bonds. The normalized spacial score (nSPS) is 14.6. The van der Waals surface area contributed by atoms with E-state index >= 15 is 0 Å². The number of benzene rings is 1. The molecule has 0 spiro atoms. The van der Waals surface area contributed by atoms with E-state index in [2.05, 4.69) is 5.10 Å². The highest BCUT2D eigenvalue weighted by Gasteiger charge is 2.30. The second kappa shape index (κ2) is 5.93. The number of aromatic nitrogens is 2. The van der Waals surface area contributed by atoms with Gasteiger partial charge in [-0.1, -0.05) is 17.7 Å². The van der Waals surface area contributed by atoms with Crippen molar-refractivity contribution in [2.45, 2.75) is 31.3 Å². The highest BCUT2D eigenvalue weighted by molar-refractivity contribution is 7.89. The lowest BCUT2D eigenvalue weighted by atomic mass is 10.1. The topological polar surface area (TPSA) is 64.4 Å². The predicted octanol–water partition coefficient (Wildman–Crippen LogP) is 1.93. The van der Waals surface area contributed by atoms with Crippen LogP contribution >= 0.6 is 0 Å². The fraction of sp³-hybridized carbons (Fsp3) is 0.400. The first-order chi connectivity index (χ1) is 10.9. The number of hydrogen-bond donors (Lipinski definition) is 0. The van der Waals surface area contributed by atoms with E-state index in [0.29, 0.717) is 18.7 Å². The largest absolute Gasteiger partial charge is 0.477 e. The van der Waals surface area contributed by atoms with E-state index in [4.69, 9.17) is 4.74 Å². The molecule has 3 rings (SSSR count). The molecule has 0 saturated heterocycles. The Labute approximate surface area is 134 Å². The van der Waals surface area contributed by atoms with E-state index in [1.807, 2.05) is 6.92 Å². The second-order valence-corrected chi connectivity index (χ2v) is 7.61. The Bertz CT molecular complexity index is 832. The maximum atomic E-state index is 13.9. The van der Waals surface area contributed by atoms with E-state index in [-0.39, 0.29) is 17.3 Å². The molecule has 1 aliphatic heterocycles. The lowest BCUT2D eigenvalue weighted by Gasteiger charge is -2.20. The molecule has 0 saturated carbocycles. The molecule has 0 unspecified atom stereocenters. The molecule has 0 bridgehead atoms. The first-order valence-electron chi connectivity index (χ1n) is 7.29. The van der Waals surface area contributed by atoms with Gasteiger partial charge in [0.15, 0.2) is 4.90 Å². The van der Waals surface area contributed by atoms with Gasteiger partial charge in [0.1, 0.15) is 5.82 Å². The standard InChI is InChI=1S/C15H18FN3O3S/c1-11-4-5-13(16)12(8-11)10-18(2)23(20,21)14-9-17-19-6-3-7-22-15(14)19/h4-5,8-9H,3,6-7,10H2,1-2H3. The molecule has 1 aromatic carbocycles. The van der Waals surface area contributed by atoms with E-state index < -0.39 is 15.8 Å². The van der Waals surface area contributed by atoms with Crippen LogP contribution in [0, 0.1) is 12.7 Å². The summed E-state index contributed by atoms with van der Waals surface area (Å²) in [5.74, 6) is -0.168. The highest BCUT2D eigenvalue weighted by Crippen LogP contribution is 2.29. The van der Waals surface area contributed by atoms with Crippen molar-refractivity contribution in [3.8, 4) is 5.88 Å². The molecule has 0 fully saturated rings. The minimum Gasteiger partial charge on any atom is -0.477 e. The van der Waals surface area contributed by atoms with Gasteiger partial charge in [-0.3, -0.25) is 0 Å². The number of halogens is 1. The molecule has 1 aromatic heterocycles. The van der Waals surface area contributed by atoms with Crippen molar-refractivity contribution in [3.63, 3.8) is 0 Å². The van der Waals surface area contributed by atoms with Gasteiger partial charge in [0, 0.05) is 32.1 Å².